The summed E-state index contributed by atoms with van der Waals surface area (Å²) < 4.78 is 29.7. The molecule has 0 spiro atoms. The number of halogens is 2. The number of rotatable bonds is 9. The molecule has 0 bridgehead atoms. The number of nitrogens with one attached hydrogen (secondary N) is 2. The van der Waals surface area contributed by atoms with Gasteiger partial charge in [0.25, 0.3) is 0 Å². The molecule has 0 atom stereocenters. The molecular weight excluding hydrogens is 362 g/mol. The largest absolute Gasteiger partial charge is 0.434 e. The van der Waals surface area contributed by atoms with E-state index in [1.165, 1.54) is 11.6 Å². The van der Waals surface area contributed by atoms with Gasteiger partial charge in [-0.25, -0.2) is 4.99 Å². The zero-order valence-corrected chi connectivity index (χ0v) is 16.6. The van der Waals surface area contributed by atoms with Crippen molar-refractivity contribution in [2.45, 2.75) is 33.2 Å². The van der Waals surface area contributed by atoms with Crippen LogP contribution < -0.4 is 15.4 Å². The molecule has 0 aromatic heterocycles. The van der Waals surface area contributed by atoms with E-state index in [4.69, 9.17) is 0 Å². The van der Waals surface area contributed by atoms with Crippen molar-refractivity contribution in [2.24, 2.45) is 4.99 Å². The number of ether oxygens (including phenoxy) is 1. The fourth-order valence-corrected chi connectivity index (χ4v) is 2.67. The molecular formula is C21H28F2N4O. The van der Waals surface area contributed by atoms with Crippen LogP contribution in [0.1, 0.15) is 23.6 Å². The Morgan fingerprint density at radius 1 is 1.04 bits per heavy atom. The Morgan fingerprint density at radius 2 is 1.71 bits per heavy atom. The molecule has 5 nitrogen and oxygen atoms in total. The first-order chi connectivity index (χ1) is 13.5. The molecule has 0 aliphatic heterocycles. The number of alkyl halides is 2. The van der Waals surface area contributed by atoms with Gasteiger partial charge in [-0.3, -0.25) is 0 Å². The van der Waals surface area contributed by atoms with Gasteiger partial charge in [0.05, 0.1) is 6.54 Å². The Balaban J connectivity index is 1.99. The Bertz CT molecular complexity index is 748. The number of aliphatic imine (C=N–C) groups is 1. The SMILES string of the molecule is CCNC(=NCc1ccc(CN(C)C)cc1)NCc1ccccc1OC(F)F. The maximum absolute atomic E-state index is 12.5. The maximum Gasteiger partial charge on any atom is 0.387 e. The molecule has 28 heavy (non-hydrogen) atoms. The number of guanidine groups is 1. The van der Waals surface area contributed by atoms with E-state index < -0.39 is 6.61 Å². The lowest BCUT2D eigenvalue weighted by Gasteiger charge is -2.14. The minimum atomic E-state index is -2.85. The van der Waals surface area contributed by atoms with Crippen LogP contribution in [0.4, 0.5) is 8.78 Å². The normalized spacial score (nSPS) is 11.8. The highest BCUT2D eigenvalue weighted by Gasteiger charge is 2.09. The van der Waals surface area contributed by atoms with Gasteiger partial charge in [-0.15, -0.1) is 0 Å². The van der Waals surface area contributed by atoms with Crippen LogP contribution in [-0.4, -0.2) is 38.1 Å². The van der Waals surface area contributed by atoms with Gasteiger partial charge in [0, 0.05) is 25.2 Å². The molecule has 0 aliphatic carbocycles. The molecule has 0 heterocycles. The Kier molecular flexibility index (Phi) is 8.68. The summed E-state index contributed by atoms with van der Waals surface area (Å²) in [5.74, 6) is 0.782. The second kappa shape index (κ2) is 11.2. The third kappa shape index (κ3) is 7.52. The number of benzene rings is 2. The van der Waals surface area contributed by atoms with E-state index >= 15 is 0 Å². The van der Waals surface area contributed by atoms with Crippen molar-refractivity contribution in [3.05, 3.63) is 65.2 Å². The molecule has 2 rings (SSSR count). The van der Waals surface area contributed by atoms with Gasteiger partial charge in [0.1, 0.15) is 5.75 Å². The topological polar surface area (TPSA) is 48.9 Å². The van der Waals surface area contributed by atoms with Gasteiger partial charge in [-0.2, -0.15) is 8.78 Å². The first-order valence-electron chi connectivity index (χ1n) is 9.25. The third-order valence-corrected chi connectivity index (χ3v) is 3.92. The monoisotopic (exact) mass is 390 g/mol. The van der Waals surface area contributed by atoms with E-state index in [0.717, 1.165) is 12.1 Å². The van der Waals surface area contributed by atoms with Gasteiger partial charge in [-0.05, 0) is 38.2 Å². The molecule has 7 heteroatoms. The molecule has 0 saturated carbocycles. The quantitative estimate of drug-likeness (QED) is 0.507. The molecule has 0 aliphatic rings. The fourth-order valence-electron chi connectivity index (χ4n) is 2.67. The van der Waals surface area contributed by atoms with Crippen LogP contribution in [0, 0.1) is 0 Å². The molecule has 0 unspecified atom stereocenters. The summed E-state index contributed by atoms with van der Waals surface area (Å²) in [5, 5.41) is 6.33. The standard InChI is InChI=1S/C21H28F2N4O/c1-4-24-21(25-13-16-9-11-17(12-10-16)15-27(2)3)26-14-18-7-5-6-8-19(18)28-20(22)23/h5-12,20H,4,13-15H2,1-3H3,(H2,24,25,26). The predicted octanol–water partition coefficient (Wildman–Crippen LogP) is 3.60. The number of hydrogen-bond donors (Lipinski definition) is 2. The molecule has 0 fully saturated rings. The van der Waals surface area contributed by atoms with Crippen molar-refractivity contribution >= 4 is 5.96 Å². The summed E-state index contributed by atoms with van der Waals surface area (Å²) in [6.45, 7) is 1.57. The highest BCUT2D eigenvalue weighted by atomic mass is 19.3. The summed E-state index contributed by atoms with van der Waals surface area (Å²) in [6, 6.07) is 15.1. The van der Waals surface area contributed by atoms with Crippen molar-refractivity contribution in [1.82, 2.24) is 15.5 Å². The maximum atomic E-state index is 12.5. The average molecular weight is 390 g/mol. The highest BCUT2D eigenvalue weighted by Crippen LogP contribution is 2.19. The van der Waals surface area contributed by atoms with Crippen LogP contribution in [0.15, 0.2) is 53.5 Å². The molecule has 152 valence electrons. The van der Waals surface area contributed by atoms with Crippen LogP contribution in [0.3, 0.4) is 0 Å². The minimum Gasteiger partial charge on any atom is -0.434 e. The first-order valence-corrected chi connectivity index (χ1v) is 9.25. The number of nitrogens with zero attached hydrogens (tertiary/aromatic N) is 2. The van der Waals surface area contributed by atoms with Gasteiger partial charge in [0.15, 0.2) is 5.96 Å². The Labute approximate surface area is 165 Å². The van der Waals surface area contributed by atoms with Gasteiger partial charge in [0.2, 0.25) is 0 Å². The number of para-hydroxylation sites is 1. The van der Waals surface area contributed by atoms with Crippen LogP contribution >= 0.6 is 0 Å². The van der Waals surface area contributed by atoms with E-state index in [0.29, 0.717) is 31.2 Å². The number of hydrogen-bond acceptors (Lipinski definition) is 3. The third-order valence-electron chi connectivity index (χ3n) is 3.92. The summed E-state index contributed by atoms with van der Waals surface area (Å²) in [4.78, 5) is 6.70. The van der Waals surface area contributed by atoms with E-state index in [1.807, 2.05) is 21.0 Å². The molecule has 2 N–H and O–H groups in total. The fraction of sp³-hybridized carbons (Fsp3) is 0.381. The van der Waals surface area contributed by atoms with Crippen molar-refractivity contribution in [3.63, 3.8) is 0 Å². The van der Waals surface area contributed by atoms with Crippen LogP contribution in [-0.2, 0) is 19.6 Å². The van der Waals surface area contributed by atoms with Crippen LogP contribution in [0.5, 0.6) is 5.75 Å². The van der Waals surface area contributed by atoms with E-state index in [2.05, 4.69) is 49.5 Å². The molecule has 0 amide bonds. The van der Waals surface area contributed by atoms with Crippen LogP contribution in [0.25, 0.3) is 0 Å². The van der Waals surface area contributed by atoms with E-state index in [1.54, 1.807) is 18.2 Å². The van der Waals surface area contributed by atoms with Crippen LogP contribution in [0.2, 0.25) is 0 Å². The molecule has 0 radical (unpaired) electrons. The lowest BCUT2D eigenvalue weighted by Crippen LogP contribution is -2.36. The van der Waals surface area contributed by atoms with Crippen molar-refractivity contribution in [1.29, 1.82) is 0 Å². The lowest BCUT2D eigenvalue weighted by molar-refractivity contribution is -0.0504. The Hall–Kier alpha value is -2.67. The summed E-state index contributed by atoms with van der Waals surface area (Å²) in [5.41, 5.74) is 2.99. The zero-order chi connectivity index (χ0) is 20.4. The van der Waals surface area contributed by atoms with E-state index in [-0.39, 0.29) is 5.75 Å². The molecule has 0 saturated heterocycles. The minimum absolute atomic E-state index is 0.164. The first kappa shape index (κ1) is 21.6. The van der Waals surface area contributed by atoms with E-state index in [9.17, 15) is 8.78 Å². The second-order valence-electron chi connectivity index (χ2n) is 6.59. The lowest BCUT2D eigenvalue weighted by atomic mass is 10.1. The summed E-state index contributed by atoms with van der Waals surface area (Å²) >= 11 is 0. The second-order valence-corrected chi connectivity index (χ2v) is 6.59. The Morgan fingerprint density at radius 3 is 2.36 bits per heavy atom. The van der Waals surface area contributed by atoms with Gasteiger partial charge in [-0.1, -0.05) is 42.5 Å². The zero-order valence-electron chi connectivity index (χ0n) is 16.6. The smallest absolute Gasteiger partial charge is 0.387 e. The molecule has 2 aromatic carbocycles. The predicted molar refractivity (Wildman–Crippen MR) is 109 cm³/mol. The summed E-state index contributed by atoms with van der Waals surface area (Å²) in [7, 11) is 4.08. The molecule has 2 aromatic rings. The van der Waals surface area contributed by atoms with Crippen molar-refractivity contribution in [2.75, 3.05) is 20.6 Å². The van der Waals surface area contributed by atoms with Gasteiger partial charge < -0.3 is 20.3 Å². The van der Waals surface area contributed by atoms with Crippen molar-refractivity contribution < 1.29 is 13.5 Å². The van der Waals surface area contributed by atoms with Gasteiger partial charge >= 0.3 is 6.61 Å². The van der Waals surface area contributed by atoms with Crippen molar-refractivity contribution in [3.8, 4) is 5.75 Å². The summed E-state index contributed by atoms with van der Waals surface area (Å²) in [6.07, 6.45) is 0. The highest BCUT2D eigenvalue weighted by molar-refractivity contribution is 5.79. The average Bonchev–Trinajstić information content (AvgIpc) is 2.65.